The number of piperazine rings is 1. The van der Waals surface area contributed by atoms with Gasteiger partial charge in [0.15, 0.2) is 11.5 Å². The molecule has 222 valence electrons. The quantitative estimate of drug-likeness (QED) is 0.381. The Kier molecular flexibility index (Phi) is 10.0. The number of ether oxygens (including phenoxy) is 3. The molecule has 0 radical (unpaired) electrons. The number of amides is 1. The fourth-order valence-electron chi connectivity index (χ4n) is 5.21. The minimum Gasteiger partial charge on any atom is -0.489 e. The average Bonchev–Trinajstić information content (AvgIpc) is 2.99. The van der Waals surface area contributed by atoms with Crippen molar-refractivity contribution in [2.75, 3.05) is 63.9 Å². The number of benzene rings is 2. The second-order valence-electron chi connectivity index (χ2n) is 10.7. The highest BCUT2D eigenvalue weighted by atomic mass is 16.6. The number of anilines is 1. The molecule has 4 bridgehead atoms. The Bertz CT molecular complexity index is 1370. The van der Waals surface area contributed by atoms with Gasteiger partial charge in [-0.15, -0.1) is 0 Å². The summed E-state index contributed by atoms with van der Waals surface area (Å²) in [5, 5.41) is 0. The highest BCUT2D eigenvalue weighted by Gasteiger charge is 2.21. The maximum Gasteiger partial charge on any atom is 0.421 e. The Morgan fingerprint density at radius 3 is 2.57 bits per heavy atom. The van der Waals surface area contributed by atoms with Crippen molar-refractivity contribution in [3.63, 3.8) is 0 Å². The monoisotopic (exact) mass is 571 g/mol. The lowest BCUT2D eigenvalue weighted by atomic mass is 10.1. The van der Waals surface area contributed by atoms with E-state index in [0.717, 1.165) is 67.5 Å². The number of likely N-dealkylation sites (N-methyl/N-ethyl adjacent to an activating group) is 1. The van der Waals surface area contributed by atoms with E-state index in [-0.39, 0.29) is 0 Å². The van der Waals surface area contributed by atoms with Gasteiger partial charge in [-0.2, -0.15) is 0 Å². The lowest BCUT2D eigenvalue weighted by molar-refractivity contribution is 0.120. The third-order valence-corrected chi connectivity index (χ3v) is 7.73. The normalized spacial score (nSPS) is 17.2. The van der Waals surface area contributed by atoms with Crippen molar-refractivity contribution in [1.82, 2.24) is 19.8 Å². The summed E-state index contributed by atoms with van der Waals surface area (Å²) >= 11 is 0. The predicted molar refractivity (Wildman–Crippen MR) is 164 cm³/mol. The molecule has 1 amide bonds. The molecule has 0 atom stereocenters. The SMILES string of the molecule is CCN1CCN(CCOc2ccc3cc2OCC/C=C\CN(C(=O)Oc2c(C)cccc2C)c2ccnc(n2)C3)CC1. The number of hydrogen-bond acceptors (Lipinski definition) is 8. The van der Waals surface area contributed by atoms with Gasteiger partial charge in [-0.1, -0.05) is 43.3 Å². The third-order valence-electron chi connectivity index (χ3n) is 7.73. The Morgan fingerprint density at radius 1 is 1.00 bits per heavy atom. The lowest BCUT2D eigenvalue weighted by Gasteiger charge is -2.33. The summed E-state index contributed by atoms with van der Waals surface area (Å²) < 4.78 is 18.2. The van der Waals surface area contributed by atoms with Crippen molar-refractivity contribution in [2.24, 2.45) is 0 Å². The maximum absolute atomic E-state index is 13.4. The Morgan fingerprint density at radius 2 is 1.79 bits per heavy atom. The fourth-order valence-corrected chi connectivity index (χ4v) is 5.21. The van der Waals surface area contributed by atoms with Crippen molar-refractivity contribution in [2.45, 2.75) is 33.6 Å². The van der Waals surface area contributed by atoms with Crippen molar-refractivity contribution >= 4 is 11.9 Å². The smallest absolute Gasteiger partial charge is 0.421 e. The van der Waals surface area contributed by atoms with Gasteiger partial charge in [0.1, 0.15) is 24.0 Å². The molecule has 1 aromatic heterocycles. The molecule has 2 aromatic carbocycles. The first-order valence-corrected chi connectivity index (χ1v) is 14.9. The summed E-state index contributed by atoms with van der Waals surface area (Å²) in [6, 6.07) is 13.6. The lowest BCUT2D eigenvalue weighted by Crippen LogP contribution is -2.47. The van der Waals surface area contributed by atoms with Crippen LogP contribution in [0, 0.1) is 13.8 Å². The molecule has 42 heavy (non-hydrogen) atoms. The van der Waals surface area contributed by atoms with E-state index in [0.29, 0.717) is 50.0 Å². The number of carbonyl (C=O) groups is 1. The summed E-state index contributed by atoms with van der Waals surface area (Å²) in [5.74, 6) is 3.14. The second kappa shape index (κ2) is 14.3. The first kappa shape index (κ1) is 29.5. The van der Waals surface area contributed by atoms with Crippen molar-refractivity contribution < 1.29 is 19.0 Å². The van der Waals surface area contributed by atoms with Crippen LogP contribution in [-0.2, 0) is 6.42 Å². The van der Waals surface area contributed by atoms with Gasteiger partial charge in [0.2, 0.25) is 0 Å². The average molecular weight is 572 g/mol. The van der Waals surface area contributed by atoms with Gasteiger partial charge in [0.25, 0.3) is 0 Å². The highest BCUT2D eigenvalue weighted by Crippen LogP contribution is 2.30. The van der Waals surface area contributed by atoms with E-state index in [4.69, 9.17) is 19.2 Å². The molecule has 2 aliphatic heterocycles. The van der Waals surface area contributed by atoms with Crippen LogP contribution in [0.25, 0.3) is 0 Å². The minimum atomic E-state index is -0.485. The van der Waals surface area contributed by atoms with Gasteiger partial charge in [0, 0.05) is 51.9 Å². The number of aromatic nitrogens is 2. The molecule has 9 nitrogen and oxygen atoms in total. The minimum absolute atomic E-state index is 0.312. The van der Waals surface area contributed by atoms with Crippen LogP contribution in [0.2, 0.25) is 0 Å². The van der Waals surface area contributed by atoms with Crippen molar-refractivity contribution in [1.29, 1.82) is 0 Å². The first-order chi connectivity index (χ1) is 20.5. The predicted octanol–water partition coefficient (Wildman–Crippen LogP) is 5.04. The third kappa shape index (κ3) is 7.66. The van der Waals surface area contributed by atoms with E-state index in [1.165, 1.54) is 4.90 Å². The number of fused-ring (bicyclic) bond motifs is 4. The second-order valence-corrected chi connectivity index (χ2v) is 10.7. The van der Waals surface area contributed by atoms with Crippen LogP contribution in [0.15, 0.2) is 60.8 Å². The fraction of sp³-hybridized carbons (Fsp3) is 0.424. The zero-order valence-electron chi connectivity index (χ0n) is 24.9. The van der Waals surface area contributed by atoms with Crippen LogP contribution in [0.5, 0.6) is 17.2 Å². The molecule has 3 aromatic rings. The van der Waals surface area contributed by atoms with Gasteiger partial charge in [-0.05, 0) is 61.7 Å². The Balaban J connectivity index is 1.30. The van der Waals surface area contributed by atoms with E-state index in [1.807, 2.05) is 62.4 Å². The molecule has 5 rings (SSSR count). The van der Waals surface area contributed by atoms with Gasteiger partial charge in [0.05, 0.1) is 6.61 Å². The molecule has 0 unspecified atom stereocenters. The maximum atomic E-state index is 13.4. The van der Waals surface area contributed by atoms with Gasteiger partial charge < -0.3 is 19.1 Å². The van der Waals surface area contributed by atoms with E-state index in [9.17, 15) is 4.79 Å². The summed E-state index contributed by atoms with van der Waals surface area (Å²) in [7, 11) is 0. The number of rotatable bonds is 6. The summed E-state index contributed by atoms with van der Waals surface area (Å²) in [6.07, 6.45) is 6.31. The molecular formula is C33H41N5O4. The van der Waals surface area contributed by atoms with E-state index in [2.05, 4.69) is 21.7 Å². The number of nitrogens with zero attached hydrogens (tertiary/aromatic N) is 5. The van der Waals surface area contributed by atoms with Crippen molar-refractivity contribution in [3.05, 3.63) is 83.3 Å². The van der Waals surface area contributed by atoms with Crippen LogP contribution >= 0.6 is 0 Å². The molecule has 0 saturated carbocycles. The molecule has 2 aliphatic rings. The first-order valence-electron chi connectivity index (χ1n) is 14.9. The molecule has 1 fully saturated rings. The van der Waals surface area contributed by atoms with Gasteiger partial charge >= 0.3 is 6.09 Å². The number of aryl methyl sites for hydroxylation is 2. The van der Waals surface area contributed by atoms with E-state index in [1.54, 1.807) is 12.3 Å². The number of para-hydroxylation sites is 1. The number of carbonyl (C=O) groups excluding carboxylic acids is 1. The van der Waals surface area contributed by atoms with Crippen LogP contribution in [0.3, 0.4) is 0 Å². The molecular weight excluding hydrogens is 530 g/mol. The topological polar surface area (TPSA) is 80.3 Å². The highest BCUT2D eigenvalue weighted by molar-refractivity contribution is 5.88. The molecule has 0 aliphatic carbocycles. The molecule has 3 heterocycles. The van der Waals surface area contributed by atoms with Crippen LogP contribution in [0.1, 0.15) is 35.9 Å². The van der Waals surface area contributed by atoms with E-state index >= 15 is 0 Å². The van der Waals surface area contributed by atoms with Gasteiger partial charge in [-0.25, -0.2) is 14.8 Å². The van der Waals surface area contributed by atoms with Crippen LogP contribution in [-0.4, -0.2) is 84.9 Å². The standard InChI is InChI=1S/C33H41N5O4/c1-4-36-16-18-37(19-17-36)20-22-41-28-12-11-27-23-29(28)40-21-7-5-6-15-38(31-13-14-34-30(24-27)35-31)33(39)42-32-25(2)9-8-10-26(32)3/h5-6,8-14,23H,4,7,15-22,24H2,1-3H3/b6-5-. The zero-order valence-corrected chi connectivity index (χ0v) is 24.9. The zero-order chi connectivity index (χ0) is 29.3. The molecule has 0 N–H and O–H groups in total. The molecule has 9 heteroatoms. The van der Waals surface area contributed by atoms with Crippen LogP contribution < -0.4 is 19.1 Å². The summed E-state index contributed by atoms with van der Waals surface area (Å²) in [4.78, 5) is 29.1. The summed E-state index contributed by atoms with van der Waals surface area (Å²) in [6.45, 7) is 13.9. The van der Waals surface area contributed by atoms with Gasteiger partial charge in [-0.3, -0.25) is 9.80 Å². The van der Waals surface area contributed by atoms with E-state index < -0.39 is 6.09 Å². The largest absolute Gasteiger partial charge is 0.489 e. The molecule has 1 saturated heterocycles. The van der Waals surface area contributed by atoms with Crippen molar-refractivity contribution in [3.8, 4) is 17.2 Å². The molecule has 0 spiro atoms. The Hall–Kier alpha value is -3.95. The summed E-state index contributed by atoms with van der Waals surface area (Å²) in [5.41, 5.74) is 2.81. The van der Waals surface area contributed by atoms with Crippen LogP contribution in [0.4, 0.5) is 10.6 Å². The Labute approximate surface area is 248 Å². The number of hydrogen-bond donors (Lipinski definition) is 0.